The summed E-state index contributed by atoms with van der Waals surface area (Å²) in [4.78, 5) is 9.83. The van der Waals surface area contributed by atoms with Gasteiger partial charge in [-0.2, -0.15) is 0 Å². The summed E-state index contributed by atoms with van der Waals surface area (Å²) >= 11 is 0. The molecular formula is C13H26NO+. The number of rotatable bonds is 1. The van der Waals surface area contributed by atoms with Gasteiger partial charge >= 0.3 is 0 Å². The Labute approximate surface area is 94.2 Å². The first-order valence-corrected chi connectivity index (χ1v) is 6.25. The molecule has 2 nitrogen and oxygen atoms in total. The molecule has 2 atom stereocenters. The Morgan fingerprint density at radius 2 is 1.93 bits per heavy atom. The van der Waals surface area contributed by atoms with Gasteiger partial charge in [-0.3, -0.25) is 0 Å². The molecule has 1 unspecified atom stereocenters. The van der Waals surface area contributed by atoms with Gasteiger partial charge in [0.2, 0.25) is 0 Å². The van der Waals surface area contributed by atoms with Crippen LogP contribution in [0.25, 0.3) is 0 Å². The number of fused-ring (bicyclic) bond motifs is 1. The minimum Gasteiger partial charge on any atom is -0.312 e. The molecule has 2 saturated heterocycles. The van der Waals surface area contributed by atoms with Gasteiger partial charge in [-0.25, -0.2) is 0 Å². The number of piperidine rings is 1. The van der Waals surface area contributed by atoms with E-state index in [0.717, 1.165) is 12.3 Å². The monoisotopic (exact) mass is 212 g/mol. The smallest absolute Gasteiger partial charge is 0.139 e. The summed E-state index contributed by atoms with van der Waals surface area (Å²) in [5, 5.41) is 0. The van der Waals surface area contributed by atoms with E-state index in [9.17, 15) is 4.79 Å². The highest BCUT2D eigenvalue weighted by molar-refractivity contribution is 5.56. The summed E-state index contributed by atoms with van der Waals surface area (Å²) in [6.45, 7) is 12.4. The Balaban J connectivity index is 0.000000167. The number of hydrogen-bond acceptors (Lipinski definition) is 1. The molecule has 2 fully saturated rings. The Morgan fingerprint density at radius 3 is 2.27 bits per heavy atom. The van der Waals surface area contributed by atoms with E-state index < -0.39 is 0 Å². The van der Waals surface area contributed by atoms with E-state index in [1.165, 1.54) is 43.4 Å². The van der Waals surface area contributed by atoms with Gasteiger partial charge < -0.3 is 9.28 Å². The lowest BCUT2D eigenvalue weighted by Crippen LogP contribution is -2.32. The second-order valence-corrected chi connectivity index (χ2v) is 6.07. The maximum absolute atomic E-state index is 9.83. The molecule has 0 bridgehead atoms. The third kappa shape index (κ3) is 3.60. The number of hydrogen-bond donors (Lipinski definition) is 0. The Bertz CT molecular complexity index is 219. The van der Waals surface area contributed by atoms with Crippen molar-refractivity contribution < 1.29 is 9.28 Å². The van der Waals surface area contributed by atoms with Gasteiger partial charge in [0.05, 0.1) is 13.1 Å². The van der Waals surface area contributed by atoms with Gasteiger partial charge in [-0.05, 0) is 19.8 Å². The van der Waals surface area contributed by atoms with Crippen LogP contribution in [0.5, 0.6) is 0 Å². The average molecular weight is 212 g/mol. The van der Waals surface area contributed by atoms with Gasteiger partial charge in [0.15, 0.2) is 0 Å². The third-order valence-corrected chi connectivity index (χ3v) is 3.59. The predicted molar refractivity (Wildman–Crippen MR) is 63.7 cm³/mol. The van der Waals surface area contributed by atoms with Crippen molar-refractivity contribution in [2.75, 3.05) is 19.6 Å². The molecule has 0 spiro atoms. The van der Waals surface area contributed by atoms with E-state index in [2.05, 4.69) is 6.92 Å². The van der Waals surface area contributed by atoms with Crippen LogP contribution in [0.1, 0.15) is 47.0 Å². The van der Waals surface area contributed by atoms with Gasteiger partial charge in [-0.15, -0.1) is 0 Å². The maximum atomic E-state index is 9.83. The van der Waals surface area contributed by atoms with Crippen molar-refractivity contribution in [3.63, 3.8) is 0 Å². The quantitative estimate of drug-likeness (QED) is 0.371. The summed E-state index contributed by atoms with van der Waals surface area (Å²) in [5.74, 6) is 0. The van der Waals surface area contributed by atoms with Crippen molar-refractivity contribution in [2.24, 2.45) is 5.41 Å². The van der Waals surface area contributed by atoms with E-state index in [0.29, 0.717) is 0 Å². The molecule has 0 N–H and O–H groups in total. The third-order valence-electron chi connectivity index (χ3n) is 3.59. The fourth-order valence-electron chi connectivity index (χ4n) is 2.36. The Hall–Kier alpha value is -0.370. The summed E-state index contributed by atoms with van der Waals surface area (Å²) < 4.78 is 1.49. The predicted octanol–water partition coefficient (Wildman–Crippen LogP) is 2.62. The molecule has 2 rings (SSSR count). The molecule has 2 aliphatic heterocycles. The number of aldehydes is 1. The highest BCUT2D eigenvalue weighted by Gasteiger charge is 2.54. The second kappa shape index (κ2) is 4.65. The molecule has 88 valence electrons. The van der Waals surface area contributed by atoms with E-state index in [1.807, 2.05) is 20.8 Å². The molecule has 0 amide bonds. The molecule has 0 radical (unpaired) electrons. The van der Waals surface area contributed by atoms with Crippen molar-refractivity contribution in [1.82, 2.24) is 0 Å². The van der Waals surface area contributed by atoms with Crippen LogP contribution in [0.3, 0.4) is 0 Å². The topological polar surface area (TPSA) is 17.1 Å². The van der Waals surface area contributed by atoms with Gasteiger partial charge in [0.1, 0.15) is 18.9 Å². The molecule has 0 saturated carbocycles. The van der Waals surface area contributed by atoms with E-state index >= 15 is 0 Å². The summed E-state index contributed by atoms with van der Waals surface area (Å²) in [6, 6.07) is 1.10. The molecule has 2 heterocycles. The molecule has 0 aliphatic carbocycles. The van der Waals surface area contributed by atoms with Crippen LogP contribution in [0, 0.1) is 5.41 Å². The molecule has 2 heteroatoms. The SMILES string of the molecule is CC(C)(C)C=O.CC[N+]12CCCC[C@@H]1C2. The highest BCUT2D eigenvalue weighted by Crippen LogP contribution is 2.38. The normalized spacial score (nSPS) is 33.5. The van der Waals surface area contributed by atoms with Crippen LogP contribution in [-0.4, -0.2) is 36.4 Å². The minimum atomic E-state index is -0.139. The fourth-order valence-corrected chi connectivity index (χ4v) is 2.36. The number of quaternary nitrogens is 1. The molecule has 0 aromatic heterocycles. The van der Waals surface area contributed by atoms with Crippen molar-refractivity contribution in [3.05, 3.63) is 0 Å². The van der Waals surface area contributed by atoms with Crippen LogP contribution >= 0.6 is 0 Å². The lowest BCUT2D eigenvalue weighted by atomic mass is 10.0. The molecule has 0 aromatic rings. The van der Waals surface area contributed by atoms with Crippen LogP contribution < -0.4 is 0 Å². The first-order chi connectivity index (χ1) is 6.93. The van der Waals surface area contributed by atoms with Crippen molar-refractivity contribution in [2.45, 2.75) is 53.0 Å². The first kappa shape index (κ1) is 12.7. The molecule has 2 aliphatic rings. The van der Waals surface area contributed by atoms with Crippen molar-refractivity contribution in [3.8, 4) is 0 Å². The number of carbonyl (C=O) groups excluding carboxylic acids is 1. The highest BCUT2D eigenvalue weighted by atomic mass is 16.1. The van der Waals surface area contributed by atoms with Crippen molar-refractivity contribution >= 4 is 6.29 Å². The Kier molecular flexibility index (Phi) is 3.93. The number of nitrogens with zero attached hydrogens (tertiary/aromatic N) is 1. The van der Waals surface area contributed by atoms with Crippen LogP contribution in [0.4, 0.5) is 0 Å². The number of likely N-dealkylation sites (N-methyl/N-ethyl adjacent to an activating group) is 1. The van der Waals surface area contributed by atoms with Gasteiger partial charge in [-0.1, -0.05) is 20.8 Å². The van der Waals surface area contributed by atoms with E-state index in [4.69, 9.17) is 0 Å². The largest absolute Gasteiger partial charge is 0.312 e. The zero-order chi connectivity index (χ0) is 11.5. The fraction of sp³-hybridized carbons (Fsp3) is 0.923. The van der Waals surface area contributed by atoms with Gasteiger partial charge in [0, 0.05) is 11.8 Å². The lowest BCUT2D eigenvalue weighted by Gasteiger charge is -2.22. The zero-order valence-corrected chi connectivity index (χ0v) is 10.8. The minimum absolute atomic E-state index is 0.139. The van der Waals surface area contributed by atoms with E-state index in [-0.39, 0.29) is 5.41 Å². The Morgan fingerprint density at radius 1 is 1.33 bits per heavy atom. The lowest BCUT2D eigenvalue weighted by molar-refractivity contribution is -0.816. The standard InChI is InChI=1S/C8H16N.C5H10O/c1-2-9-6-4-3-5-8(9)7-9;1-5(2,3)4-6/h8H,2-7H2,1H3;4H,1-3H3/q+1;/t8-,9?;/m1./s1. The summed E-state index contributed by atoms with van der Waals surface area (Å²) in [6.07, 6.45) is 5.45. The van der Waals surface area contributed by atoms with Crippen LogP contribution in [0.15, 0.2) is 0 Å². The second-order valence-electron chi connectivity index (χ2n) is 6.07. The number of carbonyl (C=O) groups is 1. The maximum Gasteiger partial charge on any atom is 0.139 e. The van der Waals surface area contributed by atoms with Crippen molar-refractivity contribution in [1.29, 1.82) is 0 Å². The molecule has 0 aromatic carbocycles. The molecular weight excluding hydrogens is 186 g/mol. The zero-order valence-electron chi connectivity index (χ0n) is 10.8. The summed E-state index contributed by atoms with van der Waals surface area (Å²) in [7, 11) is 0. The average Bonchev–Trinajstić information content (AvgIpc) is 2.92. The van der Waals surface area contributed by atoms with E-state index in [1.54, 1.807) is 0 Å². The van der Waals surface area contributed by atoms with Gasteiger partial charge in [0.25, 0.3) is 0 Å². The van der Waals surface area contributed by atoms with Crippen LogP contribution in [0.2, 0.25) is 0 Å². The first-order valence-electron chi connectivity index (χ1n) is 6.25. The summed E-state index contributed by atoms with van der Waals surface area (Å²) in [5.41, 5.74) is -0.139. The van der Waals surface area contributed by atoms with Crippen LogP contribution in [-0.2, 0) is 4.79 Å². The molecule has 15 heavy (non-hydrogen) atoms.